The van der Waals surface area contributed by atoms with E-state index < -0.39 is 0 Å². The molecule has 1 aromatic rings. The minimum Gasteiger partial charge on any atom is -0.376 e. The van der Waals surface area contributed by atoms with Crippen molar-refractivity contribution in [3.63, 3.8) is 0 Å². The molecule has 120 valence electrons. The topological polar surface area (TPSA) is 53.1 Å². The number of hydrogen-bond acceptors (Lipinski definition) is 3. The molecule has 1 aliphatic carbocycles. The second kappa shape index (κ2) is 6.01. The summed E-state index contributed by atoms with van der Waals surface area (Å²) < 4.78 is 8.95. The molecule has 1 fully saturated rings. The van der Waals surface area contributed by atoms with Gasteiger partial charge in [-0.05, 0) is 60.9 Å². The van der Waals surface area contributed by atoms with Crippen molar-refractivity contribution >= 4 is 15.9 Å². The summed E-state index contributed by atoms with van der Waals surface area (Å²) in [6, 6.07) is 0.115. The molecular formula is C16H28BrN3O. The van der Waals surface area contributed by atoms with E-state index in [4.69, 9.17) is 10.5 Å². The van der Waals surface area contributed by atoms with Crippen LogP contribution in [-0.4, -0.2) is 22.5 Å². The Hall–Kier alpha value is -0.390. The maximum absolute atomic E-state index is 6.67. The van der Waals surface area contributed by atoms with Crippen LogP contribution in [0.2, 0.25) is 0 Å². The van der Waals surface area contributed by atoms with Gasteiger partial charge >= 0.3 is 0 Å². The van der Waals surface area contributed by atoms with Crippen molar-refractivity contribution in [2.75, 3.05) is 7.11 Å². The van der Waals surface area contributed by atoms with Crippen LogP contribution in [0.4, 0.5) is 0 Å². The lowest BCUT2D eigenvalue weighted by molar-refractivity contribution is -0.0812. The molecule has 2 N–H and O–H groups in total. The maximum Gasteiger partial charge on any atom is 0.0886 e. The molecule has 4 nitrogen and oxygen atoms in total. The minimum atomic E-state index is -0.287. The van der Waals surface area contributed by atoms with Crippen LogP contribution >= 0.6 is 15.9 Å². The molecule has 0 saturated heterocycles. The third-order valence-corrected chi connectivity index (χ3v) is 5.60. The monoisotopic (exact) mass is 357 g/mol. The number of halogens is 1. The van der Waals surface area contributed by atoms with Gasteiger partial charge in [-0.3, -0.25) is 4.68 Å². The minimum absolute atomic E-state index is 0.169. The zero-order valence-corrected chi connectivity index (χ0v) is 15.4. The fraction of sp³-hybridized carbons (Fsp3) is 0.812. The number of ether oxygens (including phenoxy) is 1. The van der Waals surface area contributed by atoms with Crippen LogP contribution in [-0.2, 0) is 4.74 Å². The van der Waals surface area contributed by atoms with Gasteiger partial charge in [0.05, 0.1) is 28.0 Å². The normalized spacial score (nSPS) is 22.5. The zero-order chi connectivity index (χ0) is 15.8. The Morgan fingerprint density at radius 3 is 2.33 bits per heavy atom. The maximum atomic E-state index is 6.67. The molecule has 0 spiro atoms. The Morgan fingerprint density at radius 1 is 1.29 bits per heavy atom. The van der Waals surface area contributed by atoms with Crippen LogP contribution in [0, 0.1) is 5.41 Å². The Balaban J connectivity index is 2.33. The first-order valence-corrected chi connectivity index (χ1v) is 8.55. The first-order valence-electron chi connectivity index (χ1n) is 7.76. The second-order valence-electron chi connectivity index (χ2n) is 7.33. The van der Waals surface area contributed by atoms with Crippen LogP contribution < -0.4 is 5.73 Å². The van der Waals surface area contributed by atoms with Gasteiger partial charge in [-0.1, -0.05) is 13.8 Å². The number of aromatic nitrogens is 2. The van der Waals surface area contributed by atoms with Gasteiger partial charge in [0, 0.05) is 13.2 Å². The third kappa shape index (κ3) is 3.20. The third-order valence-electron chi connectivity index (χ3n) is 4.99. The van der Waals surface area contributed by atoms with E-state index >= 15 is 0 Å². The first-order chi connectivity index (χ1) is 9.72. The molecule has 0 radical (unpaired) electrons. The van der Waals surface area contributed by atoms with Crippen LogP contribution in [0.25, 0.3) is 0 Å². The van der Waals surface area contributed by atoms with Gasteiger partial charge in [-0.25, -0.2) is 0 Å². The van der Waals surface area contributed by atoms with Gasteiger partial charge in [0.2, 0.25) is 0 Å². The lowest BCUT2D eigenvalue weighted by atomic mass is 9.68. The van der Waals surface area contributed by atoms with Crippen LogP contribution in [0.15, 0.2) is 10.7 Å². The van der Waals surface area contributed by atoms with Crippen molar-refractivity contribution in [2.45, 2.75) is 71.1 Å². The molecule has 1 atom stereocenters. The molecule has 0 amide bonds. The molecule has 1 saturated carbocycles. The van der Waals surface area contributed by atoms with Gasteiger partial charge in [0.1, 0.15) is 0 Å². The van der Waals surface area contributed by atoms with Crippen molar-refractivity contribution in [1.29, 1.82) is 0 Å². The number of rotatable bonds is 4. The number of methoxy groups -OCH3 is 1. The van der Waals surface area contributed by atoms with Crippen molar-refractivity contribution < 1.29 is 4.74 Å². The molecule has 1 aromatic heterocycles. The summed E-state index contributed by atoms with van der Waals surface area (Å²) in [5.74, 6) is 0. The number of hydrogen-bond donors (Lipinski definition) is 1. The molecule has 1 heterocycles. The fourth-order valence-corrected chi connectivity index (χ4v) is 3.81. The smallest absolute Gasteiger partial charge is 0.0886 e. The highest BCUT2D eigenvalue weighted by atomic mass is 79.9. The number of nitrogens with zero attached hydrogens (tertiary/aromatic N) is 2. The summed E-state index contributed by atoms with van der Waals surface area (Å²) in [6.45, 7) is 8.90. The van der Waals surface area contributed by atoms with Crippen molar-refractivity contribution in [3.8, 4) is 0 Å². The highest BCUT2D eigenvalue weighted by Gasteiger charge is 2.45. The van der Waals surface area contributed by atoms with E-state index in [-0.39, 0.29) is 17.7 Å². The summed E-state index contributed by atoms with van der Waals surface area (Å²) in [7, 11) is 1.79. The second-order valence-corrected chi connectivity index (χ2v) is 8.18. The van der Waals surface area contributed by atoms with Crippen molar-refractivity contribution in [2.24, 2.45) is 11.1 Å². The van der Waals surface area contributed by atoms with Gasteiger partial charge in [0.25, 0.3) is 0 Å². The van der Waals surface area contributed by atoms with E-state index in [0.29, 0.717) is 5.41 Å². The molecule has 0 bridgehead atoms. The van der Waals surface area contributed by atoms with E-state index in [0.717, 1.165) is 35.8 Å². The Kier molecular flexibility index (Phi) is 4.86. The van der Waals surface area contributed by atoms with Gasteiger partial charge in [0.15, 0.2) is 0 Å². The summed E-state index contributed by atoms with van der Waals surface area (Å²) in [5.41, 5.74) is 7.82. The average Bonchev–Trinajstić information content (AvgIpc) is 2.81. The molecule has 5 heteroatoms. The lowest BCUT2D eigenvalue weighted by Gasteiger charge is -2.46. The molecule has 0 aromatic carbocycles. The SMILES string of the molecule is COC1(C(N)c2c(Br)cnn2C(C)C)CCC(C)(C)CC1. The lowest BCUT2D eigenvalue weighted by Crippen LogP contribution is -2.48. The van der Waals surface area contributed by atoms with E-state index in [1.807, 2.05) is 10.9 Å². The van der Waals surface area contributed by atoms with E-state index in [1.54, 1.807) is 7.11 Å². The number of nitrogens with two attached hydrogens (primary N) is 1. The van der Waals surface area contributed by atoms with Crippen LogP contribution in [0.3, 0.4) is 0 Å². The van der Waals surface area contributed by atoms with Crippen LogP contribution in [0.1, 0.15) is 71.2 Å². The van der Waals surface area contributed by atoms with Gasteiger partial charge in [-0.2, -0.15) is 5.10 Å². The molecule has 0 aliphatic heterocycles. The summed E-state index contributed by atoms with van der Waals surface area (Å²) in [6.07, 6.45) is 6.11. The van der Waals surface area contributed by atoms with Crippen LogP contribution in [0.5, 0.6) is 0 Å². The quantitative estimate of drug-likeness (QED) is 0.877. The molecule has 1 unspecified atom stereocenters. The highest BCUT2D eigenvalue weighted by molar-refractivity contribution is 9.10. The predicted molar refractivity (Wildman–Crippen MR) is 89.2 cm³/mol. The summed E-state index contributed by atoms with van der Waals surface area (Å²) in [4.78, 5) is 0. The van der Waals surface area contributed by atoms with Gasteiger partial charge in [-0.15, -0.1) is 0 Å². The molecule has 2 rings (SSSR count). The fourth-order valence-electron chi connectivity index (χ4n) is 3.29. The summed E-state index contributed by atoms with van der Waals surface area (Å²) >= 11 is 3.61. The Labute approximate surface area is 136 Å². The van der Waals surface area contributed by atoms with E-state index in [1.165, 1.54) is 0 Å². The largest absolute Gasteiger partial charge is 0.376 e. The standard InChI is InChI=1S/C16H28BrN3O/c1-11(2)20-13(12(17)10-19-20)14(18)16(21-5)8-6-15(3,4)7-9-16/h10-11,14H,6-9,18H2,1-5H3. The Morgan fingerprint density at radius 2 is 1.86 bits per heavy atom. The molecule has 1 aliphatic rings. The summed E-state index contributed by atoms with van der Waals surface area (Å²) in [5, 5.41) is 4.46. The van der Waals surface area contributed by atoms with E-state index in [9.17, 15) is 0 Å². The average molecular weight is 358 g/mol. The Bertz CT molecular complexity index is 486. The van der Waals surface area contributed by atoms with Gasteiger partial charge < -0.3 is 10.5 Å². The van der Waals surface area contributed by atoms with Crippen molar-refractivity contribution in [3.05, 3.63) is 16.4 Å². The van der Waals surface area contributed by atoms with Crippen molar-refractivity contribution in [1.82, 2.24) is 9.78 Å². The van der Waals surface area contributed by atoms with E-state index in [2.05, 4.69) is 48.7 Å². The predicted octanol–water partition coefficient (Wildman–Crippen LogP) is 4.21. The molecular weight excluding hydrogens is 330 g/mol. The zero-order valence-electron chi connectivity index (χ0n) is 13.8. The molecule has 21 heavy (non-hydrogen) atoms. The highest BCUT2D eigenvalue weighted by Crippen LogP contribution is 2.47. The first kappa shape index (κ1) is 17.0.